The molecule has 0 atom stereocenters. The third-order valence-electron chi connectivity index (χ3n) is 3.56. The van der Waals surface area contributed by atoms with Crippen LogP contribution in [0.1, 0.15) is 22.4 Å². The molecule has 27 heavy (non-hydrogen) atoms. The van der Waals surface area contributed by atoms with Gasteiger partial charge in [0.05, 0.1) is 19.8 Å². The molecule has 1 aromatic carbocycles. The minimum absolute atomic E-state index is 0.253. The standard InChI is InChI=1S/C18H23N3O4S2/c1-4-25-17(22)15-12-27-16(20-15)11-21(9-10-24-2)18(23)19-13-5-7-14(26-3)8-6-13/h5-8,12H,4,9-11H2,1-3H3,(H,19,23). The summed E-state index contributed by atoms with van der Waals surface area (Å²) in [5.41, 5.74) is 0.975. The van der Waals surface area contributed by atoms with E-state index < -0.39 is 5.97 Å². The quantitative estimate of drug-likeness (QED) is 0.502. The first-order chi connectivity index (χ1) is 13.1. The van der Waals surface area contributed by atoms with Gasteiger partial charge in [0.1, 0.15) is 5.01 Å². The third kappa shape index (κ3) is 6.53. The molecule has 0 bridgehead atoms. The van der Waals surface area contributed by atoms with Gasteiger partial charge in [-0.15, -0.1) is 23.1 Å². The number of thiazole rings is 1. The summed E-state index contributed by atoms with van der Waals surface area (Å²) in [6.07, 6.45) is 2.00. The van der Waals surface area contributed by atoms with Crippen LogP contribution in [0.3, 0.4) is 0 Å². The van der Waals surface area contributed by atoms with E-state index >= 15 is 0 Å². The number of thioether (sulfide) groups is 1. The molecule has 0 saturated carbocycles. The van der Waals surface area contributed by atoms with Crippen LogP contribution in [0.15, 0.2) is 34.5 Å². The van der Waals surface area contributed by atoms with Gasteiger partial charge in [-0.2, -0.15) is 0 Å². The van der Waals surface area contributed by atoms with Gasteiger partial charge < -0.3 is 19.7 Å². The van der Waals surface area contributed by atoms with E-state index in [1.165, 1.54) is 11.3 Å². The number of carbonyl (C=O) groups is 2. The van der Waals surface area contributed by atoms with Gasteiger partial charge in [-0.3, -0.25) is 0 Å². The second-order valence-electron chi connectivity index (χ2n) is 5.42. The Kier molecular flexibility index (Phi) is 8.56. The Morgan fingerprint density at radius 2 is 2.04 bits per heavy atom. The van der Waals surface area contributed by atoms with Gasteiger partial charge in [-0.25, -0.2) is 14.6 Å². The molecule has 1 heterocycles. The summed E-state index contributed by atoms with van der Waals surface area (Å²) in [5, 5.41) is 5.17. The number of amides is 2. The summed E-state index contributed by atoms with van der Waals surface area (Å²) in [4.78, 5) is 31.4. The fourth-order valence-electron chi connectivity index (χ4n) is 2.18. The van der Waals surface area contributed by atoms with E-state index in [1.54, 1.807) is 36.1 Å². The number of rotatable bonds is 9. The average Bonchev–Trinajstić information content (AvgIpc) is 3.14. The van der Waals surface area contributed by atoms with Crippen molar-refractivity contribution in [3.63, 3.8) is 0 Å². The van der Waals surface area contributed by atoms with Crippen molar-refractivity contribution < 1.29 is 19.1 Å². The molecule has 0 saturated heterocycles. The third-order valence-corrected chi connectivity index (χ3v) is 5.13. The Hall–Kier alpha value is -2.10. The lowest BCUT2D eigenvalue weighted by Crippen LogP contribution is -2.36. The Morgan fingerprint density at radius 1 is 1.30 bits per heavy atom. The van der Waals surface area contributed by atoms with Gasteiger partial charge in [0.15, 0.2) is 5.69 Å². The molecular formula is C18H23N3O4S2. The highest BCUT2D eigenvalue weighted by atomic mass is 32.2. The Labute approximate surface area is 167 Å². The SMILES string of the molecule is CCOC(=O)c1csc(CN(CCOC)C(=O)Nc2ccc(SC)cc2)n1. The number of hydrogen-bond donors (Lipinski definition) is 1. The minimum Gasteiger partial charge on any atom is -0.461 e. The van der Waals surface area contributed by atoms with E-state index in [1.807, 2.05) is 30.5 Å². The highest BCUT2D eigenvalue weighted by Gasteiger charge is 2.18. The van der Waals surface area contributed by atoms with Crippen LogP contribution in [-0.2, 0) is 16.0 Å². The van der Waals surface area contributed by atoms with Crippen LogP contribution in [0.2, 0.25) is 0 Å². The molecule has 0 aliphatic heterocycles. The highest BCUT2D eigenvalue weighted by molar-refractivity contribution is 7.98. The van der Waals surface area contributed by atoms with Crippen molar-refractivity contribution in [2.75, 3.05) is 38.4 Å². The van der Waals surface area contributed by atoms with E-state index in [2.05, 4.69) is 10.3 Å². The lowest BCUT2D eigenvalue weighted by Gasteiger charge is -2.21. The summed E-state index contributed by atoms with van der Waals surface area (Å²) in [6.45, 7) is 3.12. The molecule has 1 N–H and O–H groups in total. The van der Waals surface area contributed by atoms with Gasteiger partial charge in [0.25, 0.3) is 0 Å². The van der Waals surface area contributed by atoms with Gasteiger partial charge in [-0.1, -0.05) is 0 Å². The van der Waals surface area contributed by atoms with Crippen LogP contribution < -0.4 is 5.32 Å². The van der Waals surface area contributed by atoms with Crippen molar-refractivity contribution in [2.45, 2.75) is 18.4 Å². The van der Waals surface area contributed by atoms with Crippen LogP contribution in [0.4, 0.5) is 10.5 Å². The smallest absolute Gasteiger partial charge is 0.357 e. The maximum atomic E-state index is 12.7. The average molecular weight is 410 g/mol. The Balaban J connectivity index is 2.04. The summed E-state index contributed by atoms with van der Waals surface area (Å²) >= 11 is 2.96. The minimum atomic E-state index is -0.457. The lowest BCUT2D eigenvalue weighted by atomic mass is 10.3. The van der Waals surface area contributed by atoms with Gasteiger partial charge in [0, 0.05) is 29.6 Å². The molecule has 0 unspecified atom stereocenters. The largest absolute Gasteiger partial charge is 0.461 e. The van der Waals surface area contributed by atoms with Crippen LogP contribution >= 0.6 is 23.1 Å². The molecule has 146 valence electrons. The summed E-state index contributed by atoms with van der Waals surface area (Å²) in [6, 6.07) is 7.37. The number of carbonyl (C=O) groups excluding carboxylic acids is 2. The van der Waals surface area contributed by atoms with Crippen molar-refractivity contribution in [2.24, 2.45) is 0 Å². The first kappa shape index (κ1) is 21.2. The van der Waals surface area contributed by atoms with Crippen molar-refractivity contribution in [3.8, 4) is 0 Å². The van der Waals surface area contributed by atoms with E-state index in [-0.39, 0.29) is 18.3 Å². The summed E-state index contributed by atoms with van der Waals surface area (Å²) < 4.78 is 10.0. The number of ether oxygens (including phenoxy) is 2. The molecule has 0 radical (unpaired) electrons. The number of benzene rings is 1. The molecule has 0 spiro atoms. The number of urea groups is 1. The van der Waals surface area contributed by atoms with Crippen LogP contribution in [-0.4, -0.2) is 55.0 Å². The Bertz CT molecular complexity index is 749. The molecule has 2 rings (SSSR count). The first-order valence-corrected chi connectivity index (χ1v) is 10.5. The zero-order valence-electron chi connectivity index (χ0n) is 15.6. The number of hydrogen-bond acceptors (Lipinski definition) is 7. The second-order valence-corrected chi connectivity index (χ2v) is 7.24. The van der Waals surface area contributed by atoms with E-state index in [0.717, 1.165) is 4.90 Å². The molecule has 9 heteroatoms. The predicted molar refractivity (Wildman–Crippen MR) is 108 cm³/mol. The molecule has 1 aromatic heterocycles. The zero-order chi connectivity index (χ0) is 19.6. The van der Waals surface area contributed by atoms with Crippen molar-refractivity contribution >= 4 is 40.8 Å². The first-order valence-electron chi connectivity index (χ1n) is 8.37. The van der Waals surface area contributed by atoms with E-state index in [0.29, 0.717) is 30.5 Å². The van der Waals surface area contributed by atoms with Crippen LogP contribution in [0, 0.1) is 0 Å². The molecule has 7 nitrogen and oxygen atoms in total. The summed E-state index contributed by atoms with van der Waals surface area (Å²) in [5.74, 6) is -0.457. The molecule has 2 amide bonds. The van der Waals surface area contributed by atoms with Gasteiger partial charge in [0.2, 0.25) is 0 Å². The molecule has 0 aliphatic rings. The maximum absolute atomic E-state index is 12.7. The lowest BCUT2D eigenvalue weighted by molar-refractivity contribution is 0.0520. The highest BCUT2D eigenvalue weighted by Crippen LogP contribution is 2.19. The van der Waals surface area contributed by atoms with Crippen molar-refractivity contribution in [1.29, 1.82) is 0 Å². The number of anilines is 1. The number of methoxy groups -OCH3 is 1. The van der Waals surface area contributed by atoms with Crippen LogP contribution in [0.5, 0.6) is 0 Å². The maximum Gasteiger partial charge on any atom is 0.357 e. The van der Waals surface area contributed by atoms with Gasteiger partial charge >= 0.3 is 12.0 Å². The molecule has 0 aliphatic carbocycles. The predicted octanol–water partition coefficient (Wildman–Crippen LogP) is 3.72. The molecular weight excluding hydrogens is 386 g/mol. The number of nitrogens with zero attached hydrogens (tertiary/aromatic N) is 2. The van der Waals surface area contributed by atoms with Crippen molar-refractivity contribution in [1.82, 2.24) is 9.88 Å². The molecule has 2 aromatic rings. The van der Waals surface area contributed by atoms with E-state index in [4.69, 9.17) is 9.47 Å². The fourth-order valence-corrected chi connectivity index (χ4v) is 3.36. The fraction of sp³-hybridized carbons (Fsp3) is 0.389. The Morgan fingerprint density at radius 3 is 2.67 bits per heavy atom. The number of nitrogens with one attached hydrogen (secondary N) is 1. The van der Waals surface area contributed by atoms with Gasteiger partial charge in [-0.05, 0) is 37.4 Å². The topological polar surface area (TPSA) is 80.8 Å². The normalized spacial score (nSPS) is 10.5. The van der Waals surface area contributed by atoms with Crippen molar-refractivity contribution in [3.05, 3.63) is 40.3 Å². The number of aromatic nitrogens is 1. The monoisotopic (exact) mass is 409 g/mol. The zero-order valence-corrected chi connectivity index (χ0v) is 17.2. The number of esters is 1. The second kappa shape index (κ2) is 10.9. The molecule has 0 fully saturated rings. The summed E-state index contributed by atoms with van der Waals surface area (Å²) in [7, 11) is 1.58. The van der Waals surface area contributed by atoms with Crippen LogP contribution in [0.25, 0.3) is 0 Å². The van der Waals surface area contributed by atoms with E-state index in [9.17, 15) is 9.59 Å².